The third-order valence-electron chi connectivity index (χ3n) is 2.80. The first-order valence-electron chi connectivity index (χ1n) is 6.05. The summed E-state index contributed by atoms with van der Waals surface area (Å²) in [5.74, 6) is 0. The van der Waals surface area contributed by atoms with Crippen LogP contribution in [-0.2, 0) is 0 Å². The SMILES string of the molecule is CCN(CC)CCNc1nc2nc[nH]c(=O)c2s1. The molecule has 2 rings (SSSR count). The molecule has 98 valence electrons. The monoisotopic (exact) mass is 267 g/mol. The molecule has 2 heterocycles. The van der Waals surface area contributed by atoms with Gasteiger partial charge in [0.05, 0.1) is 6.33 Å². The van der Waals surface area contributed by atoms with Crippen molar-refractivity contribution in [3.05, 3.63) is 16.7 Å². The summed E-state index contributed by atoms with van der Waals surface area (Å²) in [6, 6.07) is 0. The molecule has 0 unspecified atom stereocenters. The van der Waals surface area contributed by atoms with Gasteiger partial charge in [0.2, 0.25) is 0 Å². The van der Waals surface area contributed by atoms with Crippen molar-refractivity contribution in [2.75, 3.05) is 31.5 Å². The Kier molecular flexibility index (Phi) is 4.27. The second kappa shape index (κ2) is 5.92. The molecule has 0 amide bonds. The van der Waals surface area contributed by atoms with Gasteiger partial charge in [-0.1, -0.05) is 25.2 Å². The van der Waals surface area contributed by atoms with E-state index >= 15 is 0 Å². The van der Waals surface area contributed by atoms with E-state index in [4.69, 9.17) is 0 Å². The van der Waals surface area contributed by atoms with E-state index in [-0.39, 0.29) is 5.56 Å². The third-order valence-corrected chi connectivity index (χ3v) is 3.80. The van der Waals surface area contributed by atoms with E-state index < -0.39 is 0 Å². The van der Waals surface area contributed by atoms with Crippen LogP contribution >= 0.6 is 11.3 Å². The van der Waals surface area contributed by atoms with Crippen molar-refractivity contribution < 1.29 is 0 Å². The zero-order chi connectivity index (χ0) is 13.0. The predicted molar refractivity (Wildman–Crippen MR) is 74.3 cm³/mol. The van der Waals surface area contributed by atoms with Gasteiger partial charge < -0.3 is 15.2 Å². The lowest BCUT2D eigenvalue weighted by atomic mass is 10.5. The second-order valence-electron chi connectivity index (χ2n) is 3.86. The first kappa shape index (κ1) is 13.0. The lowest BCUT2D eigenvalue weighted by Gasteiger charge is -2.17. The molecule has 7 heteroatoms. The summed E-state index contributed by atoms with van der Waals surface area (Å²) >= 11 is 1.34. The highest BCUT2D eigenvalue weighted by molar-refractivity contribution is 7.22. The molecule has 0 aliphatic rings. The van der Waals surface area contributed by atoms with Crippen LogP contribution in [0.25, 0.3) is 10.3 Å². The van der Waals surface area contributed by atoms with E-state index in [0.29, 0.717) is 10.3 Å². The van der Waals surface area contributed by atoms with Gasteiger partial charge in [0.25, 0.3) is 5.56 Å². The molecule has 0 spiro atoms. The average molecular weight is 267 g/mol. The van der Waals surface area contributed by atoms with Crippen LogP contribution in [0.5, 0.6) is 0 Å². The number of likely N-dealkylation sites (N-methyl/N-ethyl adjacent to an activating group) is 1. The smallest absolute Gasteiger partial charge is 0.270 e. The maximum atomic E-state index is 11.5. The summed E-state index contributed by atoms with van der Waals surface area (Å²) < 4.78 is 0.572. The van der Waals surface area contributed by atoms with Crippen LogP contribution in [0.4, 0.5) is 5.13 Å². The van der Waals surface area contributed by atoms with Gasteiger partial charge in [-0.25, -0.2) is 4.98 Å². The van der Waals surface area contributed by atoms with Gasteiger partial charge in [-0.05, 0) is 13.1 Å². The number of nitrogens with one attached hydrogen (secondary N) is 2. The molecule has 18 heavy (non-hydrogen) atoms. The van der Waals surface area contributed by atoms with Gasteiger partial charge in [-0.3, -0.25) is 4.79 Å². The quantitative estimate of drug-likeness (QED) is 0.821. The maximum absolute atomic E-state index is 11.5. The molecule has 0 radical (unpaired) electrons. The topological polar surface area (TPSA) is 73.9 Å². The molecule has 2 aromatic rings. The zero-order valence-corrected chi connectivity index (χ0v) is 11.4. The Morgan fingerprint density at radius 1 is 1.44 bits per heavy atom. The maximum Gasteiger partial charge on any atom is 0.270 e. The summed E-state index contributed by atoms with van der Waals surface area (Å²) in [6.45, 7) is 8.15. The fourth-order valence-corrected chi connectivity index (χ4v) is 2.54. The van der Waals surface area contributed by atoms with E-state index in [1.165, 1.54) is 17.7 Å². The Labute approximate surface area is 109 Å². The van der Waals surface area contributed by atoms with Crippen molar-refractivity contribution in [1.29, 1.82) is 0 Å². The second-order valence-corrected chi connectivity index (χ2v) is 4.86. The summed E-state index contributed by atoms with van der Waals surface area (Å²) in [6.07, 6.45) is 1.38. The Hall–Kier alpha value is -1.47. The predicted octanol–water partition coefficient (Wildman–Crippen LogP) is 1.13. The molecule has 0 aliphatic carbocycles. The van der Waals surface area contributed by atoms with Crippen molar-refractivity contribution in [1.82, 2.24) is 19.9 Å². The van der Waals surface area contributed by atoms with Gasteiger partial charge in [0.1, 0.15) is 4.70 Å². The largest absolute Gasteiger partial charge is 0.360 e. The normalized spacial score (nSPS) is 11.3. The van der Waals surface area contributed by atoms with E-state index in [9.17, 15) is 4.79 Å². The number of aromatic nitrogens is 3. The van der Waals surface area contributed by atoms with Crippen molar-refractivity contribution in [3.63, 3.8) is 0 Å². The highest BCUT2D eigenvalue weighted by Crippen LogP contribution is 2.20. The van der Waals surface area contributed by atoms with Crippen molar-refractivity contribution in [2.24, 2.45) is 0 Å². The molecule has 2 N–H and O–H groups in total. The molecule has 0 atom stereocenters. The molecule has 0 aliphatic heterocycles. The van der Waals surface area contributed by atoms with Crippen LogP contribution in [-0.4, -0.2) is 46.0 Å². The number of aromatic amines is 1. The molecule has 0 saturated carbocycles. The Morgan fingerprint density at radius 2 is 2.22 bits per heavy atom. The fourth-order valence-electron chi connectivity index (χ4n) is 1.70. The Balaban J connectivity index is 2.00. The van der Waals surface area contributed by atoms with Gasteiger partial charge in [-0.2, -0.15) is 4.98 Å². The molecule has 0 bridgehead atoms. The van der Waals surface area contributed by atoms with Crippen LogP contribution < -0.4 is 10.9 Å². The number of hydrogen-bond donors (Lipinski definition) is 2. The van der Waals surface area contributed by atoms with Gasteiger partial charge in [-0.15, -0.1) is 0 Å². The van der Waals surface area contributed by atoms with Crippen molar-refractivity contribution >= 4 is 26.8 Å². The van der Waals surface area contributed by atoms with E-state index in [1.54, 1.807) is 0 Å². The van der Waals surface area contributed by atoms with Gasteiger partial charge in [0, 0.05) is 13.1 Å². The Morgan fingerprint density at radius 3 is 2.89 bits per heavy atom. The van der Waals surface area contributed by atoms with Gasteiger partial charge in [0.15, 0.2) is 10.8 Å². The fraction of sp³-hybridized carbons (Fsp3) is 0.545. The van der Waals surface area contributed by atoms with E-state index in [2.05, 4.69) is 39.0 Å². The Bertz CT molecular complexity index is 560. The number of nitrogens with zero attached hydrogens (tertiary/aromatic N) is 3. The van der Waals surface area contributed by atoms with Crippen molar-refractivity contribution in [3.8, 4) is 0 Å². The first-order valence-corrected chi connectivity index (χ1v) is 6.86. The number of rotatable bonds is 6. The highest BCUT2D eigenvalue weighted by atomic mass is 32.1. The molecule has 0 aromatic carbocycles. The summed E-state index contributed by atoms with van der Waals surface area (Å²) in [5, 5.41) is 3.98. The lowest BCUT2D eigenvalue weighted by Crippen LogP contribution is -2.28. The number of anilines is 1. The lowest BCUT2D eigenvalue weighted by molar-refractivity contribution is 0.316. The minimum absolute atomic E-state index is 0.130. The van der Waals surface area contributed by atoms with E-state index in [0.717, 1.165) is 31.3 Å². The average Bonchev–Trinajstić information content (AvgIpc) is 2.79. The molecule has 0 fully saturated rings. The standard InChI is InChI=1S/C11H17N5OS/c1-3-16(4-2)6-5-12-11-15-9-8(18-11)10(17)14-7-13-9/h7H,3-6H2,1-2H3,(H2,12,13,14,15,17). The van der Waals surface area contributed by atoms with Crippen LogP contribution in [0.2, 0.25) is 0 Å². The zero-order valence-electron chi connectivity index (χ0n) is 10.6. The third kappa shape index (κ3) is 2.85. The van der Waals surface area contributed by atoms with Crippen LogP contribution in [0, 0.1) is 0 Å². The van der Waals surface area contributed by atoms with Crippen molar-refractivity contribution in [2.45, 2.75) is 13.8 Å². The minimum Gasteiger partial charge on any atom is -0.360 e. The molecule has 0 saturated heterocycles. The summed E-state index contributed by atoms with van der Waals surface area (Å²) in [4.78, 5) is 24.7. The number of H-pyrrole nitrogens is 1. The minimum atomic E-state index is -0.130. The molecule has 2 aromatic heterocycles. The highest BCUT2D eigenvalue weighted by Gasteiger charge is 2.07. The number of thiazole rings is 1. The number of hydrogen-bond acceptors (Lipinski definition) is 6. The number of fused-ring (bicyclic) bond motifs is 1. The summed E-state index contributed by atoms with van der Waals surface area (Å²) in [7, 11) is 0. The molecular formula is C11H17N5OS. The van der Waals surface area contributed by atoms with Crippen LogP contribution in [0.3, 0.4) is 0 Å². The molecular weight excluding hydrogens is 250 g/mol. The summed E-state index contributed by atoms with van der Waals surface area (Å²) in [5.41, 5.74) is 0.378. The van der Waals surface area contributed by atoms with Crippen LogP contribution in [0.15, 0.2) is 11.1 Å². The first-order chi connectivity index (χ1) is 8.74. The molecule has 6 nitrogen and oxygen atoms in total. The van der Waals surface area contributed by atoms with Crippen LogP contribution in [0.1, 0.15) is 13.8 Å². The van der Waals surface area contributed by atoms with Gasteiger partial charge >= 0.3 is 0 Å². The van der Waals surface area contributed by atoms with E-state index in [1.807, 2.05) is 0 Å².